The molecule has 404 valence electrons. The van der Waals surface area contributed by atoms with Crippen molar-refractivity contribution in [1.82, 2.24) is 14.1 Å². The largest absolute Gasteiger partial charge is 0.510 e. The van der Waals surface area contributed by atoms with Gasteiger partial charge in [0.25, 0.3) is 6.33 Å². The fourth-order valence-corrected chi connectivity index (χ4v) is 12.1. The third-order valence-electron chi connectivity index (χ3n) is 16.0. The summed E-state index contributed by atoms with van der Waals surface area (Å²) in [5, 5.41) is 4.06. The van der Waals surface area contributed by atoms with Crippen LogP contribution in [0.4, 0.5) is 0 Å². The van der Waals surface area contributed by atoms with Gasteiger partial charge in [0.2, 0.25) is 0 Å². The summed E-state index contributed by atoms with van der Waals surface area (Å²) in [5.41, 5.74) is 20.4. The van der Waals surface area contributed by atoms with Gasteiger partial charge in [-0.2, -0.15) is 18.2 Å². The van der Waals surface area contributed by atoms with E-state index in [0.717, 1.165) is 139 Å². The van der Waals surface area contributed by atoms with Gasteiger partial charge >= 0.3 is 0 Å². The van der Waals surface area contributed by atoms with E-state index in [4.69, 9.17) is 14.1 Å². The molecule has 0 fully saturated rings. The Kier molecular flexibility index (Phi) is 13.0. The number of pyridine rings is 1. The molecule has 85 heavy (non-hydrogen) atoms. The van der Waals surface area contributed by atoms with E-state index in [1.54, 1.807) is 0 Å². The summed E-state index contributed by atoms with van der Waals surface area (Å²) in [6.07, 6.45) is 5.74. The van der Waals surface area contributed by atoms with Crippen LogP contribution < -0.4 is 9.30 Å². The molecule has 16 aromatic rings. The molecule has 4 heterocycles. The summed E-state index contributed by atoms with van der Waals surface area (Å²) in [6, 6.07) is 108. The Bertz CT molecular complexity index is 4910. The molecule has 0 radical (unpaired) electrons. The normalized spacial score (nSPS) is 11.4. The van der Waals surface area contributed by atoms with Crippen molar-refractivity contribution in [2.24, 2.45) is 0 Å². The second-order valence-electron chi connectivity index (χ2n) is 21.1. The van der Waals surface area contributed by atoms with Crippen molar-refractivity contribution in [2.45, 2.75) is 0 Å². The predicted octanol–water partition coefficient (Wildman–Crippen LogP) is 19.5. The molecule has 6 nitrogen and oxygen atoms in total. The molecule has 12 aromatic carbocycles. The Morgan fingerprint density at radius 3 is 1.51 bits per heavy atom. The van der Waals surface area contributed by atoms with Crippen LogP contribution in [0.25, 0.3) is 139 Å². The van der Waals surface area contributed by atoms with Gasteiger partial charge < -0.3 is 18.3 Å². The maximum Gasteiger partial charge on any atom is 0.268 e. The molecule has 7 heteroatoms. The van der Waals surface area contributed by atoms with Gasteiger partial charge in [0.05, 0.1) is 22.1 Å². The zero-order valence-electron chi connectivity index (χ0n) is 45.6. The second kappa shape index (κ2) is 21.6. The van der Waals surface area contributed by atoms with Crippen molar-refractivity contribution in [3.05, 3.63) is 310 Å². The number of para-hydroxylation sites is 5. The van der Waals surface area contributed by atoms with Gasteiger partial charge in [-0.3, -0.25) is 4.57 Å². The molecule has 0 spiro atoms. The first-order valence-corrected chi connectivity index (χ1v) is 28.2. The van der Waals surface area contributed by atoms with Crippen LogP contribution in [0.15, 0.2) is 296 Å². The fourth-order valence-electron chi connectivity index (χ4n) is 12.1. The second-order valence-corrected chi connectivity index (χ2v) is 21.1. The van der Waals surface area contributed by atoms with E-state index in [0.29, 0.717) is 11.5 Å². The Balaban J connectivity index is 0.00000613. The number of hydrogen-bond acceptors (Lipinski definition) is 3. The van der Waals surface area contributed by atoms with E-state index < -0.39 is 0 Å². The van der Waals surface area contributed by atoms with Gasteiger partial charge in [-0.1, -0.05) is 206 Å². The molecule has 0 aliphatic heterocycles. The molecule has 0 unspecified atom stereocenters. The number of furan rings is 1. The van der Waals surface area contributed by atoms with Crippen molar-refractivity contribution in [3.8, 4) is 95.5 Å². The number of rotatable bonds is 11. The molecule has 0 amide bonds. The third-order valence-corrected chi connectivity index (χ3v) is 16.0. The van der Waals surface area contributed by atoms with Crippen LogP contribution in [0, 0.1) is 18.5 Å². The van der Waals surface area contributed by atoms with Crippen molar-refractivity contribution in [1.29, 1.82) is 0 Å². The summed E-state index contributed by atoms with van der Waals surface area (Å²) >= 11 is 0. The number of benzene rings is 12. The first-order chi connectivity index (χ1) is 41.6. The predicted molar refractivity (Wildman–Crippen MR) is 340 cm³/mol. The van der Waals surface area contributed by atoms with Crippen LogP contribution in [0.1, 0.15) is 0 Å². The molecule has 16 rings (SSSR count). The van der Waals surface area contributed by atoms with Crippen molar-refractivity contribution in [2.75, 3.05) is 0 Å². The van der Waals surface area contributed by atoms with Crippen molar-refractivity contribution in [3.63, 3.8) is 0 Å². The van der Waals surface area contributed by atoms with E-state index in [2.05, 4.69) is 275 Å². The Morgan fingerprint density at radius 1 is 0.388 bits per heavy atom. The molecule has 4 aromatic heterocycles. The van der Waals surface area contributed by atoms with Crippen molar-refractivity contribution >= 4 is 54.8 Å². The Hall–Kier alpha value is -10.7. The van der Waals surface area contributed by atoms with E-state index in [9.17, 15) is 0 Å². The summed E-state index contributed by atoms with van der Waals surface area (Å²) in [4.78, 5) is 5.02. The van der Waals surface area contributed by atoms with Crippen LogP contribution in [0.5, 0.6) is 11.5 Å². The van der Waals surface area contributed by atoms with Crippen LogP contribution >= 0.6 is 0 Å². The van der Waals surface area contributed by atoms with Gasteiger partial charge in [0.15, 0.2) is 0 Å². The minimum absolute atomic E-state index is 0. The van der Waals surface area contributed by atoms with E-state index in [1.807, 2.05) is 48.7 Å². The summed E-state index contributed by atoms with van der Waals surface area (Å²) in [6.45, 7) is 0. The SMILES string of the molecule is [Pt].[c-]1c(Oc2[c-]c3c(cc2)c2ccccc2n3-c2nccc3oc4ccccc4c23)cccc1-n1[c-][n+](-c2c(-c3cc(-c4ccccc4)cc(-c4ccccc4)c3)cccc2-c2cc(-c3ccccc3)cc(-c3ccccc3)c2)c2ccccc21. The van der Waals surface area contributed by atoms with E-state index in [1.165, 1.54) is 0 Å². The van der Waals surface area contributed by atoms with E-state index in [-0.39, 0.29) is 21.1 Å². The zero-order valence-corrected chi connectivity index (χ0v) is 47.9. The van der Waals surface area contributed by atoms with Crippen LogP contribution in [-0.2, 0) is 21.1 Å². The minimum atomic E-state index is 0. The Labute approximate surface area is 505 Å². The van der Waals surface area contributed by atoms with Crippen LogP contribution in [0.3, 0.4) is 0 Å². The standard InChI is InChI=1S/C78H48N4O2.Pt/c1-5-21-52(22-6-1)56-43-57(53-23-7-2-8-24-53)46-60(45-56)65-33-20-34-66(61-47-58(54-25-9-3-10-26-54)44-59(48-61)55-27-11-4-12-28-55)77(65)81-51-80(71-36-16-17-37-72(71)81)62-29-19-30-63(49-62)83-64-39-40-68-67-31-13-15-35-70(67)82(73(68)50-64)78-76-69-32-14-18-38-74(69)84-75(76)41-42-79-78;/h1-48H;/q-2;. The monoisotopic (exact) mass is 1270 g/mol. The molecule has 0 saturated heterocycles. The first kappa shape index (κ1) is 51.2. The third kappa shape index (κ3) is 9.21. The van der Waals surface area contributed by atoms with Crippen molar-refractivity contribution < 1.29 is 34.8 Å². The van der Waals surface area contributed by atoms with Gasteiger partial charge in [0.1, 0.15) is 17.0 Å². The molecule has 0 bridgehead atoms. The summed E-state index contributed by atoms with van der Waals surface area (Å²) in [7, 11) is 0. The van der Waals surface area contributed by atoms with Gasteiger partial charge in [-0.15, -0.1) is 29.7 Å². The quantitative estimate of drug-likeness (QED) is 0.0958. The number of hydrogen-bond donors (Lipinski definition) is 0. The smallest absolute Gasteiger partial charge is 0.268 e. The van der Waals surface area contributed by atoms with E-state index >= 15 is 0 Å². The summed E-state index contributed by atoms with van der Waals surface area (Å²) < 4.78 is 19.7. The van der Waals surface area contributed by atoms with Gasteiger partial charge in [0, 0.05) is 49.7 Å². The molecular weight excluding hydrogens is 1220 g/mol. The number of fused-ring (bicyclic) bond motifs is 7. The molecule has 0 saturated carbocycles. The fraction of sp³-hybridized carbons (Fsp3) is 0. The maximum absolute atomic E-state index is 6.83. The first-order valence-electron chi connectivity index (χ1n) is 28.2. The molecule has 0 N–H and O–H groups in total. The maximum atomic E-state index is 6.83. The van der Waals surface area contributed by atoms with Crippen LogP contribution in [-0.4, -0.2) is 14.1 Å². The minimum Gasteiger partial charge on any atom is -0.510 e. The summed E-state index contributed by atoms with van der Waals surface area (Å²) in [5.74, 6) is 1.84. The van der Waals surface area contributed by atoms with Gasteiger partial charge in [-0.05, 0) is 132 Å². The number of aromatic nitrogens is 4. The van der Waals surface area contributed by atoms with Crippen LogP contribution in [0.2, 0.25) is 0 Å². The molecule has 0 aliphatic carbocycles. The number of ether oxygens (including phenoxy) is 1. The molecule has 0 aliphatic rings. The topological polar surface area (TPSA) is 49.0 Å². The zero-order chi connectivity index (χ0) is 55.5. The molecular formula is C78H48N4O2Pt-2. The average molecular weight is 1270 g/mol. The Morgan fingerprint density at radius 2 is 0.894 bits per heavy atom. The number of nitrogens with zero attached hydrogens (tertiary/aromatic N) is 4. The van der Waals surface area contributed by atoms with Gasteiger partial charge in [-0.25, -0.2) is 4.98 Å². The molecule has 0 atom stereocenters. The number of imidazole rings is 1. The average Bonchev–Trinajstić information content (AvgIpc) is 1.93.